The Labute approximate surface area is 214 Å². The summed E-state index contributed by atoms with van der Waals surface area (Å²) < 4.78 is 5.39. The van der Waals surface area contributed by atoms with Crippen molar-refractivity contribution in [2.75, 3.05) is 10.6 Å². The van der Waals surface area contributed by atoms with Crippen molar-refractivity contribution in [2.45, 2.75) is 13.2 Å². The lowest BCUT2D eigenvalue weighted by Crippen LogP contribution is -2.15. The van der Waals surface area contributed by atoms with Gasteiger partial charge in [-0.3, -0.25) is 4.79 Å². The number of carbonyl (C=O) groups is 2. The van der Waals surface area contributed by atoms with E-state index < -0.39 is 5.97 Å². The van der Waals surface area contributed by atoms with Crippen LogP contribution in [0.3, 0.4) is 0 Å². The van der Waals surface area contributed by atoms with Gasteiger partial charge in [0.15, 0.2) is 0 Å². The molecule has 1 amide bonds. The second-order valence-electron chi connectivity index (χ2n) is 8.38. The largest absolute Gasteiger partial charge is 0.456 e. The molecule has 0 unspecified atom stereocenters. The predicted octanol–water partition coefficient (Wildman–Crippen LogP) is 5.85. The van der Waals surface area contributed by atoms with Crippen molar-refractivity contribution < 1.29 is 14.3 Å². The Bertz CT molecular complexity index is 1550. The number of esters is 1. The highest BCUT2D eigenvalue weighted by Crippen LogP contribution is 2.20. The van der Waals surface area contributed by atoms with Gasteiger partial charge in [0, 0.05) is 30.0 Å². The molecule has 0 aliphatic heterocycles. The van der Waals surface area contributed by atoms with Crippen molar-refractivity contribution in [3.05, 3.63) is 132 Å². The molecule has 0 aliphatic rings. The first-order chi connectivity index (χ1) is 18.2. The SMILES string of the molecule is O=C(OCc1ccccc1)c1cc(CNc2ccccc2C(=O)Nc2cc3ccccc3cn2)ccn1. The van der Waals surface area contributed by atoms with Gasteiger partial charge in [-0.1, -0.05) is 66.7 Å². The molecule has 7 nitrogen and oxygen atoms in total. The van der Waals surface area contributed by atoms with E-state index in [0.717, 1.165) is 21.9 Å². The number of benzene rings is 3. The average Bonchev–Trinajstić information content (AvgIpc) is 2.95. The molecule has 0 saturated carbocycles. The summed E-state index contributed by atoms with van der Waals surface area (Å²) in [4.78, 5) is 34.0. The highest BCUT2D eigenvalue weighted by Gasteiger charge is 2.13. The molecule has 0 fully saturated rings. The molecule has 0 spiro atoms. The van der Waals surface area contributed by atoms with E-state index in [2.05, 4.69) is 20.6 Å². The zero-order chi connectivity index (χ0) is 25.5. The Hall–Kier alpha value is -5.04. The highest BCUT2D eigenvalue weighted by molar-refractivity contribution is 6.08. The lowest BCUT2D eigenvalue weighted by molar-refractivity contribution is 0.0465. The van der Waals surface area contributed by atoms with Crippen molar-refractivity contribution in [2.24, 2.45) is 0 Å². The number of aromatic nitrogens is 2. The molecule has 5 rings (SSSR count). The number of para-hydroxylation sites is 1. The number of rotatable bonds is 8. The van der Waals surface area contributed by atoms with Gasteiger partial charge in [-0.05, 0) is 46.8 Å². The first-order valence-corrected chi connectivity index (χ1v) is 11.8. The van der Waals surface area contributed by atoms with E-state index >= 15 is 0 Å². The summed E-state index contributed by atoms with van der Waals surface area (Å²) in [6.07, 6.45) is 3.31. The van der Waals surface area contributed by atoms with Crippen LogP contribution in [0.15, 0.2) is 109 Å². The number of hydrogen-bond donors (Lipinski definition) is 2. The number of nitrogens with zero attached hydrogens (tertiary/aromatic N) is 2. The summed E-state index contributed by atoms with van der Waals surface area (Å²) in [6.45, 7) is 0.568. The van der Waals surface area contributed by atoms with Gasteiger partial charge < -0.3 is 15.4 Å². The maximum Gasteiger partial charge on any atom is 0.357 e. The maximum absolute atomic E-state index is 13.1. The Morgan fingerprint density at radius 1 is 0.757 bits per heavy atom. The standard InChI is InChI=1S/C30H24N4O3/c35-29(34-28-17-23-10-4-5-11-24(23)19-33-28)25-12-6-7-13-26(25)32-18-22-14-15-31-27(16-22)30(36)37-20-21-8-2-1-3-9-21/h1-17,19,32H,18,20H2,(H,33,34,35). The minimum Gasteiger partial charge on any atom is -0.456 e. The Morgan fingerprint density at radius 3 is 2.38 bits per heavy atom. The van der Waals surface area contributed by atoms with Crippen LogP contribution in [0.2, 0.25) is 0 Å². The Morgan fingerprint density at radius 2 is 1.51 bits per heavy atom. The molecule has 5 aromatic rings. The van der Waals surface area contributed by atoms with Crippen molar-refractivity contribution in [1.29, 1.82) is 0 Å². The van der Waals surface area contributed by atoms with Crippen molar-refractivity contribution in [1.82, 2.24) is 9.97 Å². The van der Waals surface area contributed by atoms with Crippen LogP contribution in [-0.2, 0) is 17.9 Å². The van der Waals surface area contributed by atoms with E-state index in [9.17, 15) is 9.59 Å². The van der Waals surface area contributed by atoms with E-state index in [0.29, 0.717) is 23.6 Å². The Balaban J connectivity index is 1.24. The zero-order valence-electron chi connectivity index (χ0n) is 19.9. The van der Waals surface area contributed by atoms with Gasteiger partial charge in [0.05, 0.1) is 5.56 Å². The molecule has 7 heteroatoms. The molecule has 3 aromatic carbocycles. The van der Waals surface area contributed by atoms with Crippen LogP contribution in [0, 0.1) is 0 Å². The molecule has 182 valence electrons. The Kier molecular flexibility index (Phi) is 7.13. The van der Waals surface area contributed by atoms with Crippen LogP contribution in [-0.4, -0.2) is 21.8 Å². The van der Waals surface area contributed by atoms with Crippen LogP contribution >= 0.6 is 0 Å². The van der Waals surface area contributed by atoms with Crippen LogP contribution < -0.4 is 10.6 Å². The number of fused-ring (bicyclic) bond motifs is 1. The van der Waals surface area contributed by atoms with E-state index in [4.69, 9.17) is 4.74 Å². The molecule has 2 aromatic heterocycles. The molecule has 2 N–H and O–H groups in total. The molecule has 0 aliphatic carbocycles. The van der Waals surface area contributed by atoms with Crippen LogP contribution in [0.5, 0.6) is 0 Å². The van der Waals surface area contributed by atoms with Crippen LogP contribution in [0.1, 0.15) is 32.0 Å². The van der Waals surface area contributed by atoms with Gasteiger partial charge in [-0.15, -0.1) is 0 Å². The van der Waals surface area contributed by atoms with Gasteiger partial charge in [0.1, 0.15) is 18.1 Å². The second kappa shape index (κ2) is 11.1. The quantitative estimate of drug-likeness (QED) is 0.266. The maximum atomic E-state index is 13.1. The molecule has 0 bridgehead atoms. The minimum atomic E-state index is -0.492. The fourth-order valence-corrected chi connectivity index (χ4v) is 3.86. The van der Waals surface area contributed by atoms with Crippen LogP contribution in [0.4, 0.5) is 11.5 Å². The number of anilines is 2. The summed E-state index contributed by atoms with van der Waals surface area (Å²) in [5, 5.41) is 8.17. The number of ether oxygens (including phenoxy) is 1. The third kappa shape index (κ3) is 5.97. The fourth-order valence-electron chi connectivity index (χ4n) is 3.86. The third-order valence-electron chi connectivity index (χ3n) is 5.77. The first kappa shape index (κ1) is 23.7. The van der Waals surface area contributed by atoms with Gasteiger partial charge in [0.25, 0.3) is 5.91 Å². The summed E-state index contributed by atoms with van der Waals surface area (Å²) >= 11 is 0. The smallest absolute Gasteiger partial charge is 0.357 e. The highest BCUT2D eigenvalue weighted by atomic mass is 16.5. The molecular formula is C30H24N4O3. The number of nitrogens with one attached hydrogen (secondary N) is 2. The molecule has 2 heterocycles. The van der Waals surface area contributed by atoms with Gasteiger partial charge in [0.2, 0.25) is 0 Å². The summed E-state index contributed by atoms with van der Waals surface area (Å²) in [5.74, 6) is -0.287. The van der Waals surface area contributed by atoms with Crippen molar-refractivity contribution in [3.8, 4) is 0 Å². The monoisotopic (exact) mass is 488 g/mol. The number of hydrogen-bond acceptors (Lipinski definition) is 6. The summed E-state index contributed by atoms with van der Waals surface area (Å²) in [6, 6.07) is 29.9. The zero-order valence-corrected chi connectivity index (χ0v) is 19.9. The van der Waals surface area contributed by atoms with Crippen molar-refractivity contribution in [3.63, 3.8) is 0 Å². The molecule has 0 radical (unpaired) electrons. The topological polar surface area (TPSA) is 93.2 Å². The van der Waals surface area contributed by atoms with Gasteiger partial charge in [-0.2, -0.15) is 0 Å². The third-order valence-corrected chi connectivity index (χ3v) is 5.77. The molecular weight excluding hydrogens is 464 g/mol. The molecule has 37 heavy (non-hydrogen) atoms. The average molecular weight is 489 g/mol. The lowest BCUT2D eigenvalue weighted by Gasteiger charge is -2.13. The number of pyridine rings is 2. The number of amides is 1. The summed E-state index contributed by atoms with van der Waals surface area (Å²) in [5.41, 5.74) is 3.10. The van der Waals surface area contributed by atoms with E-state index in [1.54, 1.807) is 30.6 Å². The van der Waals surface area contributed by atoms with Crippen LogP contribution in [0.25, 0.3) is 10.8 Å². The van der Waals surface area contributed by atoms with E-state index in [1.807, 2.05) is 78.9 Å². The van der Waals surface area contributed by atoms with Crippen molar-refractivity contribution >= 4 is 34.2 Å². The van der Waals surface area contributed by atoms with Gasteiger partial charge >= 0.3 is 5.97 Å². The second-order valence-corrected chi connectivity index (χ2v) is 8.38. The molecule has 0 saturated heterocycles. The molecule has 0 atom stereocenters. The lowest BCUT2D eigenvalue weighted by atomic mass is 10.1. The normalized spacial score (nSPS) is 10.6. The number of carbonyl (C=O) groups excluding carboxylic acids is 2. The predicted molar refractivity (Wildman–Crippen MR) is 143 cm³/mol. The minimum absolute atomic E-state index is 0.179. The van der Waals surface area contributed by atoms with E-state index in [-0.39, 0.29) is 18.2 Å². The first-order valence-electron chi connectivity index (χ1n) is 11.8. The fraction of sp³-hybridized carbons (Fsp3) is 0.0667. The van der Waals surface area contributed by atoms with E-state index in [1.165, 1.54) is 0 Å². The summed E-state index contributed by atoms with van der Waals surface area (Å²) in [7, 11) is 0. The van der Waals surface area contributed by atoms with Gasteiger partial charge in [-0.25, -0.2) is 14.8 Å².